The molecule has 0 aliphatic carbocycles. The van der Waals surface area contributed by atoms with Crippen LogP contribution in [0.2, 0.25) is 0 Å². The van der Waals surface area contributed by atoms with Gasteiger partial charge in [-0.3, -0.25) is 10.6 Å². The monoisotopic (exact) mass is 158 g/mol. The second kappa shape index (κ2) is 3.30. The van der Waals surface area contributed by atoms with E-state index in [1.165, 1.54) is 0 Å². The maximum absolute atomic E-state index is 10.9. The first-order valence-corrected chi connectivity index (χ1v) is 3.77. The SMILES string of the molecule is CC(=O)C1CC(CO)N(N)C1. The third kappa shape index (κ3) is 1.77. The number of hydrogen-bond donors (Lipinski definition) is 2. The van der Waals surface area contributed by atoms with Crippen LogP contribution in [-0.2, 0) is 4.79 Å². The third-order valence-electron chi connectivity index (χ3n) is 2.24. The lowest BCUT2D eigenvalue weighted by Crippen LogP contribution is -2.38. The van der Waals surface area contributed by atoms with Gasteiger partial charge in [0.05, 0.1) is 6.61 Å². The molecular weight excluding hydrogens is 144 g/mol. The predicted octanol–water partition coefficient (Wildman–Crippen LogP) is -0.868. The van der Waals surface area contributed by atoms with Gasteiger partial charge in [-0.05, 0) is 13.3 Å². The first kappa shape index (κ1) is 8.64. The van der Waals surface area contributed by atoms with E-state index in [9.17, 15) is 4.79 Å². The smallest absolute Gasteiger partial charge is 0.134 e. The summed E-state index contributed by atoms with van der Waals surface area (Å²) in [4.78, 5) is 10.9. The molecule has 1 aliphatic rings. The summed E-state index contributed by atoms with van der Waals surface area (Å²) in [6.07, 6.45) is 0.697. The van der Waals surface area contributed by atoms with E-state index in [0.29, 0.717) is 13.0 Å². The molecule has 1 fully saturated rings. The average molecular weight is 158 g/mol. The van der Waals surface area contributed by atoms with Gasteiger partial charge in [0, 0.05) is 18.5 Å². The molecule has 1 heterocycles. The summed E-state index contributed by atoms with van der Waals surface area (Å²) in [5.41, 5.74) is 0. The molecular formula is C7H14N2O2. The zero-order valence-corrected chi connectivity index (χ0v) is 6.66. The standard InChI is InChI=1S/C7H14N2O2/c1-5(11)6-2-7(4-10)9(8)3-6/h6-7,10H,2-4,8H2,1H3. The van der Waals surface area contributed by atoms with Crippen LogP contribution in [0, 0.1) is 5.92 Å². The van der Waals surface area contributed by atoms with Crippen LogP contribution in [0.15, 0.2) is 0 Å². The molecule has 0 spiro atoms. The lowest BCUT2D eigenvalue weighted by atomic mass is 10.0. The van der Waals surface area contributed by atoms with Crippen LogP contribution < -0.4 is 5.84 Å². The molecule has 0 aromatic rings. The van der Waals surface area contributed by atoms with Crippen LogP contribution in [0.1, 0.15) is 13.3 Å². The Bertz CT molecular complexity index is 161. The van der Waals surface area contributed by atoms with Crippen molar-refractivity contribution in [1.29, 1.82) is 0 Å². The number of ketones is 1. The molecule has 1 rings (SSSR count). The Balaban J connectivity index is 2.49. The van der Waals surface area contributed by atoms with Crippen LogP contribution in [0.4, 0.5) is 0 Å². The van der Waals surface area contributed by atoms with E-state index in [2.05, 4.69) is 0 Å². The number of carbonyl (C=O) groups is 1. The number of rotatable bonds is 2. The summed E-state index contributed by atoms with van der Waals surface area (Å²) in [6, 6.07) is -0.0242. The molecule has 0 aromatic carbocycles. The Morgan fingerprint density at radius 3 is 2.73 bits per heavy atom. The zero-order chi connectivity index (χ0) is 8.43. The Labute approximate surface area is 65.9 Å². The first-order chi connectivity index (χ1) is 5.15. The van der Waals surface area contributed by atoms with Gasteiger partial charge in [-0.1, -0.05) is 0 Å². The highest BCUT2D eigenvalue weighted by atomic mass is 16.3. The minimum absolute atomic E-state index is 0.0242. The van der Waals surface area contributed by atoms with Crippen LogP contribution >= 0.6 is 0 Å². The third-order valence-corrected chi connectivity index (χ3v) is 2.24. The number of Topliss-reactive ketones (excluding diaryl/α,β-unsaturated/α-hetero) is 1. The van der Waals surface area contributed by atoms with Crippen molar-refractivity contribution in [3.05, 3.63) is 0 Å². The topological polar surface area (TPSA) is 66.6 Å². The van der Waals surface area contributed by atoms with Gasteiger partial charge in [0.1, 0.15) is 5.78 Å². The number of carbonyl (C=O) groups excluding carboxylic acids is 1. The molecule has 0 saturated carbocycles. The van der Waals surface area contributed by atoms with Crippen LogP contribution in [0.5, 0.6) is 0 Å². The molecule has 1 aliphatic heterocycles. The Morgan fingerprint density at radius 1 is 1.82 bits per heavy atom. The molecule has 0 radical (unpaired) electrons. The van der Waals surface area contributed by atoms with E-state index in [-0.39, 0.29) is 24.3 Å². The summed E-state index contributed by atoms with van der Waals surface area (Å²) in [7, 11) is 0. The Kier molecular flexibility index (Phi) is 2.59. The normalized spacial score (nSPS) is 32.6. The van der Waals surface area contributed by atoms with Crippen LogP contribution in [0.25, 0.3) is 0 Å². The number of aliphatic hydroxyl groups is 1. The summed E-state index contributed by atoms with van der Waals surface area (Å²) in [6.45, 7) is 2.19. The lowest BCUT2D eigenvalue weighted by Gasteiger charge is -2.14. The minimum atomic E-state index is -0.0242. The van der Waals surface area contributed by atoms with E-state index in [1.807, 2.05) is 0 Å². The molecule has 11 heavy (non-hydrogen) atoms. The van der Waals surface area contributed by atoms with Gasteiger partial charge in [0.2, 0.25) is 0 Å². The van der Waals surface area contributed by atoms with Crippen molar-refractivity contribution >= 4 is 5.78 Å². The van der Waals surface area contributed by atoms with Gasteiger partial charge in [-0.25, -0.2) is 5.01 Å². The van der Waals surface area contributed by atoms with Crippen molar-refractivity contribution in [1.82, 2.24) is 5.01 Å². The van der Waals surface area contributed by atoms with Crippen molar-refractivity contribution in [2.45, 2.75) is 19.4 Å². The molecule has 3 N–H and O–H groups in total. The molecule has 0 aromatic heterocycles. The molecule has 4 heteroatoms. The number of hydrogen-bond acceptors (Lipinski definition) is 4. The Hall–Kier alpha value is -0.450. The highest BCUT2D eigenvalue weighted by Gasteiger charge is 2.31. The van der Waals surface area contributed by atoms with Crippen molar-refractivity contribution in [2.75, 3.05) is 13.2 Å². The zero-order valence-electron chi connectivity index (χ0n) is 6.66. The summed E-state index contributed by atoms with van der Waals surface area (Å²) in [5.74, 6) is 5.73. The van der Waals surface area contributed by atoms with Gasteiger partial charge in [0.15, 0.2) is 0 Å². The second-order valence-corrected chi connectivity index (χ2v) is 3.08. The summed E-state index contributed by atoms with van der Waals surface area (Å²) < 4.78 is 0. The number of hydrazine groups is 1. The molecule has 2 atom stereocenters. The maximum atomic E-state index is 10.9. The van der Waals surface area contributed by atoms with Crippen molar-refractivity contribution in [2.24, 2.45) is 11.8 Å². The molecule has 0 amide bonds. The van der Waals surface area contributed by atoms with Gasteiger partial charge in [-0.2, -0.15) is 0 Å². The van der Waals surface area contributed by atoms with E-state index in [0.717, 1.165) is 0 Å². The highest BCUT2D eigenvalue weighted by molar-refractivity contribution is 5.78. The van der Waals surface area contributed by atoms with E-state index in [1.54, 1.807) is 11.9 Å². The fourth-order valence-electron chi connectivity index (χ4n) is 1.42. The predicted molar refractivity (Wildman–Crippen MR) is 40.6 cm³/mol. The highest BCUT2D eigenvalue weighted by Crippen LogP contribution is 2.20. The van der Waals surface area contributed by atoms with Gasteiger partial charge < -0.3 is 5.11 Å². The number of nitrogens with two attached hydrogens (primary N) is 1. The van der Waals surface area contributed by atoms with E-state index >= 15 is 0 Å². The molecule has 64 valence electrons. The number of nitrogens with zero attached hydrogens (tertiary/aromatic N) is 1. The van der Waals surface area contributed by atoms with E-state index < -0.39 is 0 Å². The van der Waals surface area contributed by atoms with Crippen LogP contribution in [-0.4, -0.2) is 35.1 Å². The molecule has 2 unspecified atom stereocenters. The van der Waals surface area contributed by atoms with Gasteiger partial charge in [0.25, 0.3) is 0 Å². The van der Waals surface area contributed by atoms with Crippen molar-refractivity contribution < 1.29 is 9.90 Å². The summed E-state index contributed by atoms with van der Waals surface area (Å²) in [5, 5.41) is 10.4. The second-order valence-electron chi connectivity index (χ2n) is 3.08. The molecule has 1 saturated heterocycles. The molecule has 0 bridgehead atoms. The van der Waals surface area contributed by atoms with Gasteiger partial charge in [-0.15, -0.1) is 0 Å². The number of aliphatic hydroxyl groups excluding tert-OH is 1. The van der Waals surface area contributed by atoms with Crippen molar-refractivity contribution in [3.63, 3.8) is 0 Å². The lowest BCUT2D eigenvalue weighted by molar-refractivity contribution is -0.120. The summed E-state index contributed by atoms with van der Waals surface area (Å²) >= 11 is 0. The fourth-order valence-corrected chi connectivity index (χ4v) is 1.42. The maximum Gasteiger partial charge on any atom is 0.134 e. The molecule has 4 nitrogen and oxygen atoms in total. The Morgan fingerprint density at radius 2 is 2.45 bits per heavy atom. The quantitative estimate of drug-likeness (QED) is 0.513. The van der Waals surface area contributed by atoms with Crippen LogP contribution in [0.3, 0.4) is 0 Å². The average Bonchev–Trinajstić information content (AvgIpc) is 2.31. The van der Waals surface area contributed by atoms with E-state index in [4.69, 9.17) is 10.9 Å². The minimum Gasteiger partial charge on any atom is -0.395 e. The van der Waals surface area contributed by atoms with Gasteiger partial charge >= 0.3 is 0 Å². The first-order valence-electron chi connectivity index (χ1n) is 3.77. The van der Waals surface area contributed by atoms with Crippen molar-refractivity contribution in [3.8, 4) is 0 Å². The fraction of sp³-hybridized carbons (Fsp3) is 0.857. The largest absolute Gasteiger partial charge is 0.395 e.